The number of aromatic nitrogens is 2. The van der Waals surface area contributed by atoms with Crippen molar-refractivity contribution >= 4 is 39.3 Å². The monoisotopic (exact) mass is 214 g/mol. The Labute approximate surface area is 81.8 Å². The summed E-state index contributed by atoms with van der Waals surface area (Å²) in [6.07, 6.45) is 0. The molecular weight excluding hydrogens is 212 g/mol. The molecule has 0 radical (unpaired) electrons. The Morgan fingerprint density at radius 1 is 1.46 bits per heavy atom. The molecule has 0 saturated heterocycles. The first kappa shape index (κ1) is 8.40. The van der Waals surface area contributed by atoms with Crippen LogP contribution in [0.1, 0.15) is 9.80 Å². The van der Waals surface area contributed by atoms with E-state index in [9.17, 15) is 4.79 Å². The van der Waals surface area contributed by atoms with E-state index in [2.05, 4.69) is 9.97 Å². The second-order valence-electron chi connectivity index (χ2n) is 2.28. The van der Waals surface area contributed by atoms with Gasteiger partial charge in [-0.3, -0.25) is 0 Å². The Morgan fingerprint density at radius 2 is 2.23 bits per heavy atom. The Bertz CT molecular complexity index is 482. The fourth-order valence-electron chi connectivity index (χ4n) is 0.887. The number of pyridine rings is 1. The summed E-state index contributed by atoms with van der Waals surface area (Å²) in [6, 6.07) is 3.31. The van der Waals surface area contributed by atoms with Crippen LogP contribution in [0.4, 0.5) is 0 Å². The van der Waals surface area contributed by atoms with Crippen LogP contribution in [0.25, 0.3) is 10.3 Å². The minimum atomic E-state index is -1.04. The standard InChI is InChI=1S/C7H3ClN2O2S/c8-4-2-1-3-5(9-4)10-6(13-3)7(11)12/h1-2H,(H,11,12). The van der Waals surface area contributed by atoms with Crippen molar-refractivity contribution in [2.24, 2.45) is 0 Å². The molecule has 4 nitrogen and oxygen atoms in total. The minimum absolute atomic E-state index is 0.0322. The van der Waals surface area contributed by atoms with Gasteiger partial charge in [0.25, 0.3) is 0 Å². The molecule has 1 N–H and O–H groups in total. The van der Waals surface area contributed by atoms with Gasteiger partial charge in [0.15, 0.2) is 5.65 Å². The maximum absolute atomic E-state index is 10.5. The molecule has 0 amide bonds. The number of halogens is 1. The predicted octanol–water partition coefficient (Wildman–Crippen LogP) is 2.04. The fourth-order valence-corrected chi connectivity index (χ4v) is 1.78. The number of thiazole rings is 1. The normalized spacial score (nSPS) is 10.5. The van der Waals surface area contributed by atoms with Gasteiger partial charge in [0.2, 0.25) is 5.01 Å². The minimum Gasteiger partial charge on any atom is -0.476 e. The molecule has 2 aromatic heterocycles. The molecule has 0 aliphatic carbocycles. The summed E-state index contributed by atoms with van der Waals surface area (Å²) < 4.78 is 0.724. The van der Waals surface area contributed by atoms with E-state index in [4.69, 9.17) is 16.7 Å². The van der Waals surface area contributed by atoms with E-state index in [0.717, 1.165) is 16.0 Å². The number of rotatable bonds is 1. The number of carboxylic acids is 1. The Kier molecular flexibility index (Phi) is 1.90. The molecule has 0 spiro atoms. The topological polar surface area (TPSA) is 63.1 Å². The summed E-state index contributed by atoms with van der Waals surface area (Å²) in [5, 5.41) is 8.99. The van der Waals surface area contributed by atoms with Gasteiger partial charge in [-0.15, -0.1) is 11.3 Å². The molecule has 0 unspecified atom stereocenters. The van der Waals surface area contributed by atoms with Crippen LogP contribution in [-0.2, 0) is 0 Å². The molecule has 2 heterocycles. The van der Waals surface area contributed by atoms with Crippen LogP contribution in [0.5, 0.6) is 0 Å². The Balaban J connectivity index is 2.68. The summed E-state index contributed by atoms with van der Waals surface area (Å²) in [5.74, 6) is -1.04. The second kappa shape index (κ2) is 2.93. The van der Waals surface area contributed by atoms with Crippen LogP contribution in [0.2, 0.25) is 5.15 Å². The van der Waals surface area contributed by atoms with Gasteiger partial charge < -0.3 is 5.11 Å². The molecule has 0 aliphatic heterocycles. The number of hydrogen-bond acceptors (Lipinski definition) is 4. The van der Waals surface area contributed by atoms with Crippen molar-refractivity contribution < 1.29 is 9.90 Å². The molecule has 0 bridgehead atoms. The van der Waals surface area contributed by atoms with Gasteiger partial charge in [-0.05, 0) is 12.1 Å². The molecule has 13 heavy (non-hydrogen) atoms. The Morgan fingerprint density at radius 3 is 2.92 bits per heavy atom. The number of aromatic carboxylic acids is 1. The fraction of sp³-hybridized carbons (Fsp3) is 0. The number of hydrogen-bond donors (Lipinski definition) is 1. The highest BCUT2D eigenvalue weighted by Gasteiger charge is 2.10. The van der Waals surface area contributed by atoms with E-state index < -0.39 is 5.97 Å². The average Bonchev–Trinajstić information content (AvgIpc) is 2.46. The van der Waals surface area contributed by atoms with Gasteiger partial charge in [-0.2, -0.15) is 0 Å². The van der Waals surface area contributed by atoms with Crippen molar-refractivity contribution in [1.82, 2.24) is 9.97 Å². The van der Waals surface area contributed by atoms with Gasteiger partial charge >= 0.3 is 5.97 Å². The maximum atomic E-state index is 10.5. The zero-order valence-corrected chi connectivity index (χ0v) is 7.76. The van der Waals surface area contributed by atoms with Crippen LogP contribution < -0.4 is 0 Å². The Hall–Kier alpha value is -1.20. The van der Waals surface area contributed by atoms with Crippen LogP contribution >= 0.6 is 22.9 Å². The summed E-state index contributed by atoms with van der Waals surface area (Å²) in [6.45, 7) is 0. The molecule has 0 aliphatic rings. The van der Waals surface area contributed by atoms with E-state index in [0.29, 0.717) is 10.8 Å². The van der Waals surface area contributed by atoms with Crippen LogP contribution in [0.15, 0.2) is 12.1 Å². The largest absolute Gasteiger partial charge is 0.476 e. The number of carboxylic acid groups (broad SMARTS) is 1. The maximum Gasteiger partial charge on any atom is 0.365 e. The van der Waals surface area contributed by atoms with Crippen LogP contribution in [0.3, 0.4) is 0 Å². The molecule has 0 aromatic carbocycles. The molecule has 2 rings (SSSR count). The lowest BCUT2D eigenvalue weighted by Crippen LogP contribution is -1.93. The number of fused-ring (bicyclic) bond motifs is 1. The molecule has 66 valence electrons. The molecule has 0 fully saturated rings. The van der Waals surface area contributed by atoms with E-state index >= 15 is 0 Å². The highest BCUT2D eigenvalue weighted by molar-refractivity contribution is 7.20. The van der Waals surface area contributed by atoms with Crippen LogP contribution in [-0.4, -0.2) is 21.0 Å². The first-order chi connectivity index (χ1) is 6.16. The van der Waals surface area contributed by atoms with Gasteiger partial charge in [-0.1, -0.05) is 11.6 Å². The second-order valence-corrected chi connectivity index (χ2v) is 3.70. The summed E-state index contributed by atoms with van der Waals surface area (Å²) >= 11 is 6.70. The quantitative estimate of drug-likeness (QED) is 0.738. The zero-order valence-electron chi connectivity index (χ0n) is 6.19. The van der Waals surface area contributed by atoms with Gasteiger partial charge in [0.1, 0.15) is 5.15 Å². The highest BCUT2D eigenvalue weighted by atomic mass is 35.5. The molecule has 0 atom stereocenters. The number of carbonyl (C=O) groups is 1. The van der Waals surface area contributed by atoms with Gasteiger partial charge in [0.05, 0.1) is 4.70 Å². The summed E-state index contributed by atoms with van der Waals surface area (Å²) in [4.78, 5) is 18.2. The first-order valence-electron chi connectivity index (χ1n) is 3.33. The van der Waals surface area contributed by atoms with E-state index in [1.54, 1.807) is 12.1 Å². The summed E-state index contributed by atoms with van der Waals surface area (Å²) in [7, 11) is 0. The van der Waals surface area contributed by atoms with Crippen molar-refractivity contribution in [1.29, 1.82) is 0 Å². The van der Waals surface area contributed by atoms with Crippen molar-refractivity contribution in [3.63, 3.8) is 0 Å². The third-order valence-electron chi connectivity index (χ3n) is 1.40. The van der Waals surface area contributed by atoms with Gasteiger partial charge in [-0.25, -0.2) is 14.8 Å². The molecule has 2 aromatic rings. The number of nitrogens with zero attached hydrogens (tertiary/aromatic N) is 2. The van der Waals surface area contributed by atoms with Gasteiger partial charge in [0, 0.05) is 0 Å². The highest BCUT2D eigenvalue weighted by Crippen LogP contribution is 2.21. The van der Waals surface area contributed by atoms with E-state index in [-0.39, 0.29) is 5.01 Å². The van der Waals surface area contributed by atoms with Crippen molar-refractivity contribution in [3.8, 4) is 0 Å². The molecular formula is C7H3ClN2O2S. The smallest absolute Gasteiger partial charge is 0.365 e. The predicted molar refractivity (Wildman–Crippen MR) is 49.4 cm³/mol. The lowest BCUT2D eigenvalue weighted by Gasteiger charge is -1.85. The zero-order chi connectivity index (χ0) is 9.42. The third kappa shape index (κ3) is 1.48. The molecule has 6 heteroatoms. The van der Waals surface area contributed by atoms with Crippen LogP contribution in [0, 0.1) is 0 Å². The lowest BCUT2D eigenvalue weighted by molar-refractivity contribution is 0.0696. The average molecular weight is 215 g/mol. The van der Waals surface area contributed by atoms with Crippen molar-refractivity contribution in [2.75, 3.05) is 0 Å². The SMILES string of the molecule is O=C(O)c1nc2nc(Cl)ccc2s1. The molecule has 0 saturated carbocycles. The van der Waals surface area contributed by atoms with E-state index in [1.165, 1.54) is 0 Å². The first-order valence-corrected chi connectivity index (χ1v) is 4.52. The lowest BCUT2D eigenvalue weighted by atomic mass is 10.5. The van der Waals surface area contributed by atoms with Crippen molar-refractivity contribution in [2.45, 2.75) is 0 Å². The van der Waals surface area contributed by atoms with Crippen molar-refractivity contribution in [3.05, 3.63) is 22.3 Å². The third-order valence-corrected chi connectivity index (χ3v) is 2.61. The van der Waals surface area contributed by atoms with E-state index in [1.807, 2.05) is 0 Å². The summed E-state index contributed by atoms with van der Waals surface area (Å²) in [5.41, 5.74) is 0.384.